The summed E-state index contributed by atoms with van der Waals surface area (Å²) in [6, 6.07) is 3.40. The minimum absolute atomic E-state index is 0.00968. The van der Waals surface area contributed by atoms with Gasteiger partial charge in [-0.15, -0.1) is 0 Å². The second-order valence-corrected chi connectivity index (χ2v) is 7.20. The van der Waals surface area contributed by atoms with Crippen molar-refractivity contribution in [3.05, 3.63) is 58.4 Å². The highest BCUT2D eigenvalue weighted by Crippen LogP contribution is 2.32. The number of hydrogen-bond acceptors (Lipinski definition) is 4. The molecule has 1 unspecified atom stereocenters. The third kappa shape index (κ3) is 4.80. The first-order valence-corrected chi connectivity index (χ1v) is 9.27. The smallest absolute Gasteiger partial charge is 0.260 e. The van der Waals surface area contributed by atoms with Crippen LogP contribution in [0.3, 0.4) is 0 Å². The fraction of sp³-hybridized carbons (Fsp3) is 0.421. The molecule has 150 valence electrons. The van der Waals surface area contributed by atoms with E-state index in [1.807, 2.05) is 0 Å². The minimum Gasteiger partial charge on any atom is -0.350 e. The molecule has 1 saturated heterocycles. The molecular weight excluding hydrogens is 393 g/mol. The Kier molecular flexibility index (Phi) is 6.20. The van der Waals surface area contributed by atoms with Crippen LogP contribution in [0.15, 0.2) is 30.6 Å². The number of aromatic nitrogens is 2. The fourth-order valence-electron chi connectivity index (χ4n) is 3.26. The second-order valence-electron chi connectivity index (χ2n) is 6.82. The van der Waals surface area contributed by atoms with Crippen LogP contribution >= 0.6 is 11.6 Å². The molecule has 1 aromatic heterocycles. The van der Waals surface area contributed by atoms with Crippen molar-refractivity contribution in [2.45, 2.75) is 31.7 Å². The first-order chi connectivity index (χ1) is 13.3. The van der Waals surface area contributed by atoms with Crippen molar-refractivity contribution in [3.8, 4) is 0 Å². The third-order valence-corrected chi connectivity index (χ3v) is 5.09. The molecule has 0 spiro atoms. The van der Waals surface area contributed by atoms with E-state index in [1.54, 1.807) is 24.2 Å². The van der Waals surface area contributed by atoms with Crippen molar-refractivity contribution in [1.29, 1.82) is 0 Å². The molecule has 2 heterocycles. The number of piperidine rings is 1. The maximum absolute atomic E-state index is 13.9. The van der Waals surface area contributed by atoms with Crippen molar-refractivity contribution in [2.75, 3.05) is 19.6 Å². The number of aryl methyl sites for hydroxylation is 1. The van der Waals surface area contributed by atoms with Crippen LogP contribution in [-0.2, 0) is 0 Å². The summed E-state index contributed by atoms with van der Waals surface area (Å²) in [7, 11) is 0. The summed E-state index contributed by atoms with van der Waals surface area (Å²) in [5, 5.41) is 2.39. The highest BCUT2D eigenvalue weighted by molar-refractivity contribution is 6.34. The Balaban J connectivity index is 1.80. The number of carbonyl (C=O) groups excluding carboxylic acids is 1. The van der Waals surface area contributed by atoms with Crippen molar-refractivity contribution >= 4 is 17.5 Å². The molecule has 1 amide bonds. The molecule has 5 nitrogen and oxygen atoms in total. The second kappa shape index (κ2) is 8.45. The molecule has 1 atom stereocenters. The summed E-state index contributed by atoms with van der Waals surface area (Å²) in [4.78, 5) is 22.3. The van der Waals surface area contributed by atoms with Crippen molar-refractivity contribution in [1.82, 2.24) is 20.2 Å². The number of carbonyl (C=O) groups is 1. The number of nitrogens with zero attached hydrogens (tertiary/aromatic N) is 3. The van der Waals surface area contributed by atoms with E-state index in [9.17, 15) is 18.0 Å². The molecule has 9 heteroatoms. The number of likely N-dealkylation sites (tertiary alicyclic amines) is 1. The zero-order valence-electron chi connectivity index (χ0n) is 15.3. The van der Waals surface area contributed by atoms with Gasteiger partial charge in [0.15, 0.2) is 0 Å². The lowest BCUT2D eigenvalue weighted by Crippen LogP contribution is -2.47. The Morgan fingerprint density at radius 2 is 2.07 bits per heavy atom. The number of alkyl halides is 2. The predicted molar refractivity (Wildman–Crippen MR) is 99.0 cm³/mol. The number of halogens is 4. The molecule has 2 aromatic rings. The molecule has 1 aliphatic rings. The molecule has 0 radical (unpaired) electrons. The average Bonchev–Trinajstić information content (AvgIpc) is 2.64. The number of nitrogens with one attached hydrogen (secondary N) is 1. The summed E-state index contributed by atoms with van der Waals surface area (Å²) < 4.78 is 41.5. The standard InChI is InChI=1S/C19H20ClF3N4O/c1-12-24-8-13(9-25-12)16(27-7-3-6-19(22,23)11-27)10-26-18(28)14-4-2-5-15(21)17(14)20/h2,4-5,8-9,16H,3,6-7,10-11H2,1H3,(H,26,28). The summed E-state index contributed by atoms with van der Waals surface area (Å²) >= 11 is 5.86. The van der Waals surface area contributed by atoms with Crippen LogP contribution in [0.1, 0.15) is 40.6 Å². The lowest BCUT2D eigenvalue weighted by Gasteiger charge is -2.38. The van der Waals surface area contributed by atoms with Crippen molar-refractivity contribution in [3.63, 3.8) is 0 Å². The van der Waals surface area contributed by atoms with E-state index in [4.69, 9.17) is 11.6 Å². The van der Waals surface area contributed by atoms with E-state index >= 15 is 0 Å². The van der Waals surface area contributed by atoms with E-state index in [2.05, 4.69) is 15.3 Å². The zero-order chi connectivity index (χ0) is 20.3. The van der Waals surface area contributed by atoms with Crippen LogP contribution in [0.5, 0.6) is 0 Å². The number of hydrogen-bond donors (Lipinski definition) is 1. The Morgan fingerprint density at radius 1 is 1.36 bits per heavy atom. The molecule has 0 aliphatic carbocycles. The van der Waals surface area contributed by atoms with E-state index in [1.165, 1.54) is 12.1 Å². The molecule has 0 saturated carbocycles. The van der Waals surface area contributed by atoms with Gasteiger partial charge in [0.25, 0.3) is 11.8 Å². The predicted octanol–water partition coefficient (Wildman–Crippen LogP) is 3.78. The first kappa shape index (κ1) is 20.5. The zero-order valence-corrected chi connectivity index (χ0v) is 16.0. The minimum atomic E-state index is -2.79. The van der Waals surface area contributed by atoms with E-state index in [-0.39, 0.29) is 23.6 Å². The van der Waals surface area contributed by atoms with Gasteiger partial charge in [-0.1, -0.05) is 17.7 Å². The Hall–Kier alpha value is -2.19. The molecule has 1 N–H and O–H groups in total. The van der Waals surface area contributed by atoms with Gasteiger partial charge in [0.1, 0.15) is 11.6 Å². The van der Waals surface area contributed by atoms with E-state index in [0.29, 0.717) is 24.4 Å². The van der Waals surface area contributed by atoms with Crippen LogP contribution < -0.4 is 5.32 Å². The molecule has 3 rings (SSSR count). The van der Waals surface area contributed by atoms with Crippen LogP contribution in [0, 0.1) is 12.7 Å². The normalized spacial score (nSPS) is 17.9. The maximum Gasteiger partial charge on any atom is 0.260 e. The largest absolute Gasteiger partial charge is 0.350 e. The van der Waals surface area contributed by atoms with Gasteiger partial charge >= 0.3 is 0 Å². The molecular formula is C19H20ClF3N4O. The molecule has 28 heavy (non-hydrogen) atoms. The van der Waals surface area contributed by atoms with Gasteiger partial charge in [-0.3, -0.25) is 9.69 Å². The average molecular weight is 413 g/mol. The Labute approximate surface area is 165 Å². The summed E-state index contributed by atoms with van der Waals surface area (Å²) in [5.74, 6) is -3.51. The van der Waals surface area contributed by atoms with Gasteiger partial charge in [-0.2, -0.15) is 0 Å². The van der Waals surface area contributed by atoms with Crippen molar-refractivity contribution in [2.24, 2.45) is 0 Å². The lowest BCUT2D eigenvalue weighted by atomic mass is 10.0. The third-order valence-electron chi connectivity index (χ3n) is 4.70. The van der Waals surface area contributed by atoms with Gasteiger partial charge in [0.05, 0.1) is 23.2 Å². The van der Waals surface area contributed by atoms with Crippen molar-refractivity contribution < 1.29 is 18.0 Å². The van der Waals surface area contributed by atoms with Crippen LogP contribution in [0.2, 0.25) is 5.02 Å². The van der Waals surface area contributed by atoms with Gasteiger partial charge in [-0.05, 0) is 32.0 Å². The lowest BCUT2D eigenvalue weighted by molar-refractivity contribution is -0.0751. The Morgan fingerprint density at radius 3 is 2.75 bits per heavy atom. The quantitative estimate of drug-likeness (QED) is 0.812. The van der Waals surface area contributed by atoms with E-state index in [0.717, 1.165) is 6.07 Å². The first-order valence-electron chi connectivity index (χ1n) is 8.89. The SMILES string of the molecule is Cc1ncc(C(CNC(=O)c2cccc(F)c2Cl)N2CCCC(F)(F)C2)cn1. The summed E-state index contributed by atoms with van der Waals surface area (Å²) in [6.07, 6.45) is 3.33. The van der Waals surface area contributed by atoms with Gasteiger partial charge in [-0.25, -0.2) is 23.1 Å². The summed E-state index contributed by atoms with van der Waals surface area (Å²) in [6.45, 7) is 1.81. The van der Waals surface area contributed by atoms with Gasteiger partial charge in [0, 0.05) is 30.9 Å². The Bertz CT molecular complexity index is 848. The molecule has 1 aliphatic heterocycles. The highest BCUT2D eigenvalue weighted by atomic mass is 35.5. The van der Waals surface area contributed by atoms with Gasteiger partial charge < -0.3 is 5.32 Å². The summed E-state index contributed by atoms with van der Waals surface area (Å²) in [5.41, 5.74) is 0.610. The maximum atomic E-state index is 13.9. The molecule has 0 bridgehead atoms. The van der Waals surface area contributed by atoms with Crippen LogP contribution in [0.4, 0.5) is 13.2 Å². The molecule has 1 aromatic carbocycles. The van der Waals surface area contributed by atoms with E-state index < -0.39 is 30.2 Å². The number of amides is 1. The van der Waals surface area contributed by atoms with Gasteiger partial charge in [0.2, 0.25) is 0 Å². The van der Waals surface area contributed by atoms with Crippen LogP contribution in [0.25, 0.3) is 0 Å². The number of benzene rings is 1. The topological polar surface area (TPSA) is 58.1 Å². The monoisotopic (exact) mass is 412 g/mol. The number of rotatable bonds is 5. The fourth-order valence-corrected chi connectivity index (χ4v) is 3.47. The van der Waals surface area contributed by atoms with Crippen LogP contribution in [-0.4, -0.2) is 46.3 Å². The molecule has 1 fully saturated rings. The highest BCUT2D eigenvalue weighted by Gasteiger charge is 2.38.